The molecule has 0 saturated carbocycles. The normalized spacial score (nSPS) is 16.6. The van der Waals surface area contributed by atoms with Crippen molar-refractivity contribution in [1.82, 2.24) is 4.90 Å². The van der Waals surface area contributed by atoms with E-state index in [1.807, 2.05) is 32.1 Å². The van der Waals surface area contributed by atoms with Crippen LogP contribution in [0.2, 0.25) is 0 Å². The van der Waals surface area contributed by atoms with E-state index in [-0.39, 0.29) is 18.3 Å². The van der Waals surface area contributed by atoms with Crippen molar-refractivity contribution in [2.24, 2.45) is 4.99 Å². The number of hydrogen-bond donors (Lipinski definition) is 0. The van der Waals surface area contributed by atoms with Crippen LogP contribution in [-0.2, 0) is 11.4 Å². The number of hydrogen-bond acceptors (Lipinski definition) is 5. The Labute approximate surface area is 193 Å². The largest absolute Gasteiger partial charge is 0.493 e. The van der Waals surface area contributed by atoms with Crippen molar-refractivity contribution in [3.05, 3.63) is 61.8 Å². The van der Waals surface area contributed by atoms with Gasteiger partial charge in [0.25, 0.3) is 5.91 Å². The van der Waals surface area contributed by atoms with Crippen LogP contribution in [0.25, 0.3) is 6.08 Å². The fourth-order valence-electron chi connectivity index (χ4n) is 2.92. The summed E-state index contributed by atoms with van der Waals surface area (Å²) < 4.78 is 26.1. The van der Waals surface area contributed by atoms with Crippen LogP contribution in [0, 0.1) is 9.39 Å². The van der Waals surface area contributed by atoms with Gasteiger partial charge in [0.05, 0.1) is 15.6 Å². The van der Waals surface area contributed by atoms with Crippen LogP contribution in [0.15, 0.2) is 46.3 Å². The average Bonchev–Trinajstić information content (AvgIpc) is 3.02. The summed E-state index contributed by atoms with van der Waals surface area (Å²) in [6, 6.07) is 10.2. The summed E-state index contributed by atoms with van der Waals surface area (Å²) in [6.07, 6.45) is 1.83. The number of amides is 1. The van der Waals surface area contributed by atoms with Gasteiger partial charge in [-0.15, -0.1) is 0 Å². The number of likely N-dealkylation sites (N-methyl/N-ethyl adjacent to an activating group) is 1. The lowest BCUT2D eigenvalue weighted by Crippen LogP contribution is -2.28. The summed E-state index contributed by atoms with van der Waals surface area (Å²) in [5.74, 6) is 0.700. The van der Waals surface area contributed by atoms with Gasteiger partial charge in [-0.05, 0) is 78.0 Å². The SMILES string of the molecule is CCN=C1S/C(=C/c2cc(I)c(OCc3ccccc3F)c(OC)c2)C(=O)N1CC. The van der Waals surface area contributed by atoms with Gasteiger partial charge in [-0.25, -0.2) is 4.39 Å². The van der Waals surface area contributed by atoms with Gasteiger partial charge in [-0.2, -0.15) is 0 Å². The molecule has 2 aromatic carbocycles. The quantitative estimate of drug-likeness (QED) is 0.352. The molecule has 8 heteroatoms. The number of benzene rings is 2. The molecule has 1 fully saturated rings. The number of rotatable bonds is 7. The van der Waals surface area contributed by atoms with Crippen molar-refractivity contribution in [3.8, 4) is 11.5 Å². The number of aliphatic imine (C=N–C) groups is 1. The van der Waals surface area contributed by atoms with Crippen LogP contribution in [0.5, 0.6) is 11.5 Å². The van der Waals surface area contributed by atoms with Crippen molar-refractivity contribution in [3.63, 3.8) is 0 Å². The molecule has 0 aromatic heterocycles. The Morgan fingerprint density at radius 2 is 2.03 bits per heavy atom. The Morgan fingerprint density at radius 1 is 1.27 bits per heavy atom. The van der Waals surface area contributed by atoms with Crippen molar-refractivity contribution >= 4 is 51.5 Å². The zero-order valence-electron chi connectivity index (χ0n) is 16.9. The number of amidine groups is 1. The van der Waals surface area contributed by atoms with E-state index in [4.69, 9.17) is 9.47 Å². The van der Waals surface area contributed by atoms with Crippen LogP contribution in [0.1, 0.15) is 25.0 Å². The first kappa shape index (κ1) is 22.6. The first-order chi connectivity index (χ1) is 14.5. The summed E-state index contributed by atoms with van der Waals surface area (Å²) >= 11 is 3.53. The molecule has 0 aliphatic carbocycles. The van der Waals surface area contributed by atoms with Crippen molar-refractivity contribution in [2.75, 3.05) is 20.2 Å². The smallest absolute Gasteiger partial charge is 0.266 e. The number of nitrogens with zero attached hydrogens (tertiary/aromatic N) is 2. The number of carbonyl (C=O) groups excluding carboxylic acids is 1. The molecule has 0 spiro atoms. The summed E-state index contributed by atoms with van der Waals surface area (Å²) in [5, 5.41) is 0.725. The molecule has 1 heterocycles. The molecule has 1 amide bonds. The maximum absolute atomic E-state index is 13.9. The van der Waals surface area contributed by atoms with Crippen molar-refractivity contribution < 1.29 is 18.7 Å². The lowest BCUT2D eigenvalue weighted by Gasteiger charge is -2.14. The molecule has 1 aliphatic heterocycles. The molecule has 3 rings (SSSR count). The van der Waals surface area contributed by atoms with Gasteiger partial charge in [-0.1, -0.05) is 18.2 Å². The summed E-state index contributed by atoms with van der Waals surface area (Å²) in [7, 11) is 1.55. The van der Waals surface area contributed by atoms with Gasteiger partial charge >= 0.3 is 0 Å². The molecule has 2 aromatic rings. The average molecular weight is 540 g/mol. The minimum absolute atomic E-state index is 0.0523. The molecule has 158 valence electrons. The molecule has 5 nitrogen and oxygen atoms in total. The van der Waals surface area contributed by atoms with E-state index in [0.717, 1.165) is 14.3 Å². The molecule has 0 bridgehead atoms. The Hall–Kier alpha value is -2.07. The zero-order valence-corrected chi connectivity index (χ0v) is 19.9. The topological polar surface area (TPSA) is 51.1 Å². The van der Waals surface area contributed by atoms with Crippen LogP contribution in [-0.4, -0.2) is 36.2 Å². The second kappa shape index (κ2) is 10.3. The maximum atomic E-state index is 13.9. The highest BCUT2D eigenvalue weighted by molar-refractivity contribution is 14.1. The highest BCUT2D eigenvalue weighted by atomic mass is 127. The number of methoxy groups -OCH3 is 1. The van der Waals surface area contributed by atoms with Gasteiger partial charge < -0.3 is 9.47 Å². The third kappa shape index (κ3) is 4.97. The highest BCUT2D eigenvalue weighted by Crippen LogP contribution is 2.37. The van der Waals surface area contributed by atoms with Gasteiger partial charge in [0.1, 0.15) is 12.4 Å². The molecule has 0 unspecified atom stereocenters. The van der Waals surface area contributed by atoms with Crippen molar-refractivity contribution in [2.45, 2.75) is 20.5 Å². The predicted octanol–water partition coefficient (Wildman–Crippen LogP) is 5.33. The van der Waals surface area contributed by atoms with E-state index in [1.165, 1.54) is 17.8 Å². The standard InChI is InChI=1S/C22H22FIN2O3S/c1-4-25-22-26(5-2)21(27)19(30-22)12-14-10-17(24)20(18(11-14)28-3)29-13-15-8-6-7-9-16(15)23/h6-12H,4-5,13H2,1-3H3/b19-12+,25-22?. The van der Waals surface area contributed by atoms with Gasteiger partial charge in [0, 0.05) is 18.7 Å². The molecule has 1 aliphatic rings. The first-order valence-corrected chi connectivity index (χ1v) is 11.4. The van der Waals surface area contributed by atoms with Crippen molar-refractivity contribution in [1.29, 1.82) is 0 Å². The minimum atomic E-state index is -0.311. The van der Waals surface area contributed by atoms with Crippen LogP contribution < -0.4 is 9.47 Å². The maximum Gasteiger partial charge on any atom is 0.266 e. The van der Waals surface area contributed by atoms with Crippen LogP contribution in [0.3, 0.4) is 0 Å². The number of thioether (sulfide) groups is 1. The van der Waals surface area contributed by atoms with E-state index < -0.39 is 0 Å². The lowest BCUT2D eigenvalue weighted by molar-refractivity contribution is -0.122. The first-order valence-electron chi connectivity index (χ1n) is 9.48. The molecular formula is C22H22FIN2O3S. The molecule has 1 saturated heterocycles. The molecular weight excluding hydrogens is 518 g/mol. The van der Waals surface area contributed by atoms with Gasteiger partial charge in [-0.3, -0.25) is 14.7 Å². The number of halogens is 2. The second-order valence-corrected chi connectivity index (χ2v) is 8.50. The molecule has 0 N–H and O–H groups in total. The van der Waals surface area contributed by atoms with Gasteiger partial charge in [0.2, 0.25) is 0 Å². The monoisotopic (exact) mass is 540 g/mol. The summed E-state index contributed by atoms with van der Waals surface area (Å²) in [4.78, 5) is 19.4. The minimum Gasteiger partial charge on any atom is -0.493 e. The van der Waals surface area contributed by atoms with E-state index >= 15 is 0 Å². The Bertz CT molecular complexity index is 1010. The Balaban J connectivity index is 1.87. The van der Waals surface area contributed by atoms with E-state index in [2.05, 4.69) is 27.6 Å². The van der Waals surface area contributed by atoms with Crippen LogP contribution >= 0.6 is 34.4 Å². The second-order valence-electron chi connectivity index (χ2n) is 6.33. The van der Waals surface area contributed by atoms with Crippen LogP contribution in [0.4, 0.5) is 4.39 Å². The summed E-state index contributed by atoms with van der Waals surface area (Å²) in [6.45, 7) is 5.17. The predicted molar refractivity (Wildman–Crippen MR) is 127 cm³/mol. The fourth-order valence-corrected chi connectivity index (χ4v) is 4.81. The lowest BCUT2D eigenvalue weighted by atomic mass is 10.1. The van der Waals surface area contributed by atoms with E-state index in [1.54, 1.807) is 30.2 Å². The Morgan fingerprint density at radius 3 is 2.70 bits per heavy atom. The fraction of sp³-hybridized carbons (Fsp3) is 0.273. The Kier molecular flexibility index (Phi) is 7.76. The van der Waals surface area contributed by atoms with Gasteiger partial charge in [0.15, 0.2) is 16.7 Å². The summed E-state index contributed by atoms with van der Waals surface area (Å²) in [5.41, 5.74) is 1.29. The third-order valence-electron chi connectivity index (χ3n) is 4.38. The third-order valence-corrected chi connectivity index (χ3v) is 6.22. The number of ether oxygens (including phenoxy) is 2. The number of carbonyl (C=O) groups is 1. The van der Waals surface area contributed by atoms with E-state index in [9.17, 15) is 9.18 Å². The van der Waals surface area contributed by atoms with E-state index in [0.29, 0.717) is 35.1 Å². The highest BCUT2D eigenvalue weighted by Gasteiger charge is 2.31. The molecule has 30 heavy (non-hydrogen) atoms. The zero-order chi connectivity index (χ0) is 21.7. The molecule has 0 atom stereocenters. The molecule has 0 radical (unpaired) electrons.